The Bertz CT molecular complexity index is 983. The van der Waals surface area contributed by atoms with E-state index in [1.165, 1.54) is 17.5 Å². The predicted molar refractivity (Wildman–Crippen MR) is 111 cm³/mol. The zero-order valence-corrected chi connectivity index (χ0v) is 14.9. The van der Waals surface area contributed by atoms with Gasteiger partial charge in [0.05, 0.1) is 11.9 Å². The average molecular weight is 345 g/mol. The summed E-state index contributed by atoms with van der Waals surface area (Å²) < 4.78 is 2.02. The molecule has 2 heterocycles. The van der Waals surface area contributed by atoms with Crippen LogP contribution >= 0.6 is 0 Å². The van der Waals surface area contributed by atoms with Gasteiger partial charge in [-0.2, -0.15) is 0 Å². The maximum atomic E-state index is 6.38. The number of hydrogen-bond acceptors (Lipinski definition) is 3. The van der Waals surface area contributed by atoms with E-state index in [9.17, 15) is 0 Å². The van der Waals surface area contributed by atoms with E-state index in [-0.39, 0.29) is 0 Å². The number of aliphatic imine (C=N–C) groups is 1. The minimum absolute atomic E-state index is 0.554. The largest absolute Gasteiger partial charge is 0.390 e. The fourth-order valence-corrected chi connectivity index (χ4v) is 3.26. The molecule has 0 saturated heterocycles. The molecule has 5 heteroatoms. The molecule has 132 valence electrons. The second-order valence-electron chi connectivity index (χ2n) is 5.93. The van der Waals surface area contributed by atoms with E-state index in [1.807, 2.05) is 41.9 Å². The first kappa shape index (κ1) is 17.5. The molecule has 26 heavy (non-hydrogen) atoms. The van der Waals surface area contributed by atoms with E-state index in [4.69, 9.17) is 11.5 Å². The fourth-order valence-electron chi connectivity index (χ4n) is 3.26. The van der Waals surface area contributed by atoms with Crippen LogP contribution in [0.5, 0.6) is 0 Å². The quantitative estimate of drug-likeness (QED) is 0.476. The molecule has 5 nitrogen and oxygen atoms in total. The summed E-state index contributed by atoms with van der Waals surface area (Å²) in [5, 5.41) is 0. The first-order valence-electron chi connectivity index (χ1n) is 8.56. The summed E-state index contributed by atoms with van der Waals surface area (Å²) in [6, 6.07) is 3.90. The van der Waals surface area contributed by atoms with Gasteiger partial charge in [-0.05, 0) is 49.1 Å². The van der Waals surface area contributed by atoms with Crippen molar-refractivity contribution in [2.75, 3.05) is 5.73 Å². The number of pyridine rings is 1. The number of allylic oxidation sites excluding steroid dienone is 9. The Hall–Kier alpha value is -3.34. The van der Waals surface area contributed by atoms with E-state index in [0.717, 1.165) is 29.6 Å². The lowest BCUT2D eigenvalue weighted by atomic mass is 9.95. The summed E-state index contributed by atoms with van der Waals surface area (Å²) in [5.74, 6) is 0.554. The highest BCUT2D eigenvalue weighted by atomic mass is 15.1. The molecular formula is C21H23N5. The fraction of sp³-hybridized carbons (Fsp3) is 0.143. The molecule has 0 aliphatic heterocycles. The molecule has 3 rings (SSSR count). The number of nitrogen functional groups attached to an aromatic ring is 1. The third-order valence-electron chi connectivity index (χ3n) is 4.37. The van der Waals surface area contributed by atoms with Crippen LogP contribution in [0.4, 0.5) is 11.5 Å². The molecule has 2 aromatic rings. The topological polar surface area (TPSA) is 82.2 Å². The molecule has 0 amide bonds. The number of nitrogens with zero attached hydrogens (tertiary/aromatic N) is 3. The van der Waals surface area contributed by atoms with E-state index in [2.05, 4.69) is 34.8 Å². The smallest absolute Gasteiger partial charge is 0.137 e. The van der Waals surface area contributed by atoms with E-state index in [0.29, 0.717) is 11.5 Å². The van der Waals surface area contributed by atoms with Gasteiger partial charge in [0, 0.05) is 11.9 Å². The lowest BCUT2D eigenvalue weighted by molar-refractivity contribution is 0.932. The number of anilines is 1. The third-order valence-corrected chi connectivity index (χ3v) is 4.37. The lowest BCUT2D eigenvalue weighted by Gasteiger charge is -2.18. The van der Waals surface area contributed by atoms with E-state index in [1.54, 1.807) is 6.20 Å². The Morgan fingerprint density at radius 1 is 1.35 bits per heavy atom. The Morgan fingerprint density at radius 3 is 2.85 bits per heavy atom. The van der Waals surface area contributed by atoms with Gasteiger partial charge in [0.25, 0.3) is 0 Å². The summed E-state index contributed by atoms with van der Waals surface area (Å²) >= 11 is 0. The predicted octanol–water partition coefficient (Wildman–Crippen LogP) is 4.49. The highest BCUT2D eigenvalue weighted by molar-refractivity contribution is 5.99. The van der Waals surface area contributed by atoms with Crippen molar-refractivity contribution in [2.45, 2.75) is 19.8 Å². The molecule has 0 fully saturated rings. The van der Waals surface area contributed by atoms with Crippen LogP contribution in [0.15, 0.2) is 77.5 Å². The minimum atomic E-state index is 0.554. The van der Waals surface area contributed by atoms with Crippen LogP contribution in [0.25, 0.3) is 16.7 Å². The van der Waals surface area contributed by atoms with Crippen molar-refractivity contribution < 1.29 is 0 Å². The molecule has 4 N–H and O–H groups in total. The molecule has 0 spiro atoms. The molecular weight excluding hydrogens is 322 g/mol. The molecule has 0 radical (unpaired) electrons. The molecule has 1 aliphatic carbocycles. The summed E-state index contributed by atoms with van der Waals surface area (Å²) in [7, 11) is 0. The average Bonchev–Trinajstić information content (AvgIpc) is 2.94. The van der Waals surface area contributed by atoms with Crippen molar-refractivity contribution in [3.63, 3.8) is 0 Å². The summed E-state index contributed by atoms with van der Waals surface area (Å²) in [6.07, 6.45) is 17.0. The van der Waals surface area contributed by atoms with Gasteiger partial charge in [-0.1, -0.05) is 37.0 Å². The van der Waals surface area contributed by atoms with Gasteiger partial charge in [-0.25, -0.2) is 4.99 Å². The molecule has 0 bridgehead atoms. The molecule has 1 aliphatic rings. The van der Waals surface area contributed by atoms with E-state index < -0.39 is 0 Å². The zero-order chi connectivity index (χ0) is 18.5. The SMILES string of the molecule is C=C/C=C(\C=C/C)C1=CC=C(n2c(N)c(N=CN)c3ncccc32)CC1. The zero-order valence-electron chi connectivity index (χ0n) is 14.9. The van der Waals surface area contributed by atoms with Crippen LogP contribution in [0.2, 0.25) is 0 Å². The summed E-state index contributed by atoms with van der Waals surface area (Å²) in [4.78, 5) is 8.64. The van der Waals surface area contributed by atoms with Gasteiger partial charge in [0.2, 0.25) is 0 Å². The van der Waals surface area contributed by atoms with Crippen LogP contribution in [0.1, 0.15) is 19.8 Å². The first-order valence-corrected chi connectivity index (χ1v) is 8.56. The van der Waals surface area contributed by atoms with Gasteiger partial charge in [-0.3, -0.25) is 9.55 Å². The van der Waals surface area contributed by atoms with Crippen molar-refractivity contribution in [3.05, 3.63) is 72.5 Å². The number of rotatable bonds is 5. The standard InChI is InChI=1S/C21H23N5/c1-3-6-15(7-4-2)16-9-11-17(12-10-16)26-18-8-5-13-24-19(18)20(21(26)23)25-14-22/h3-9,11,13-14H,1,10,12,23H2,2H3,(H2,22,25)/b7-4-,15-6+. The molecule has 0 atom stereocenters. The molecule has 0 unspecified atom stereocenters. The second kappa shape index (κ2) is 7.70. The number of fused-ring (bicyclic) bond motifs is 1. The van der Waals surface area contributed by atoms with Crippen LogP contribution in [0.3, 0.4) is 0 Å². The van der Waals surface area contributed by atoms with Crippen LogP contribution in [-0.2, 0) is 0 Å². The highest BCUT2D eigenvalue weighted by Crippen LogP contribution is 2.38. The first-order chi connectivity index (χ1) is 12.7. The van der Waals surface area contributed by atoms with Crippen molar-refractivity contribution in [1.29, 1.82) is 0 Å². The normalized spacial score (nSPS) is 15.7. The maximum absolute atomic E-state index is 6.38. The number of aromatic nitrogens is 2. The number of nitrogens with two attached hydrogens (primary N) is 2. The Balaban J connectivity index is 2.10. The molecule has 2 aromatic heterocycles. The van der Waals surface area contributed by atoms with Crippen molar-refractivity contribution in [1.82, 2.24) is 9.55 Å². The van der Waals surface area contributed by atoms with Crippen LogP contribution < -0.4 is 11.5 Å². The van der Waals surface area contributed by atoms with Gasteiger partial charge >= 0.3 is 0 Å². The molecule has 0 saturated carbocycles. The van der Waals surface area contributed by atoms with Crippen molar-refractivity contribution in [3.8, 4) is 0 Å². The third kappa shape index (κ3) is 3.11. The Kier molecular flexibility index (Phi) is 5.17. The molecule has 0 aromatic carbocycles. The Labute approximate surface area is 153 Å². The number of hydrogen-bond donors (Lipinski definition) is 2. The van der Waals surface area contributed by atoms with Gasteiger partial charge in [-0.15, -0.1) is 0 Å². The Morgan fingerprint density at radius 2 is 2.19 bits per heavy atom. The second-order valence-corrected chi connectivity index (χ2v) is 5.93. The minimum Gasteiger partial charge on any atom is -0.390 e. The summed E-state index contributed by atoms with van der Waals surface area (Å²) in [6.45, 7) is 5.82. The highest BCUT2D eigenvalue weighted by Gasteiger charge is 2.19. The van der Waals surface area contributed by atoms with Gasteiger partial charge in [0.15, 0.2) is 0 Å². The monoisotopic (exact) mass is 345 g/mol. The lowest BCUT2D eigenvalue weighted by Crippen LogP contribution is -2.05. The van der Waals surface area contributed by atoms with Crippen molar-refractivity contribution >= 4 is 34.6 Å². The summed E-state index contributed by atoms with van der Waals surface area (Å²) in [5.41, 5.74) is 17.7. The van der Waals surface area contributed by atoms with Crippen LogP contribution in [0, 0.1) is 0 Å². The van der Waals surface area contributed by atoms with Crippen molar-refractivity contribution in [2.24, 2.45) is 10.7 Å². The van der Waals surface area contributed by atoms with E-state index >= 15 is 0 Å². The van der Waals surface area contributed by atoms with Gasteiger partial charge < -0.3 is 11.5 Å². The van der Waals surface area contributed by atoms with Gasteiger partial charge in [0.1, 0.15) is 17.0 Å². The van der Waals surface area contributed by atoms with Crippen LogP contribution in [-0.4, -0.2) is 15.9 Å². The maximum Gasteiger partial charge on any atom is 0.137 e.